The Morgan fingerprint density at radius 2 is 1.75 bits per heavy atom. The van der Waals surface area contributed by atoms with E-state index in [1.54, 1.807) is 24.3 Å². The van der Waals surface area contributed by atoms with E-state index in [-0.39, 0.29) is 12.5 Å². The van der Waals surface area contributed by atoms with Gasteiger partial charge in [-0.15, -0.1) is 11.8 Å². The number of amides is 2. The van der Waals surface area contributed by atoms with Crippen LogP contribution in [0, 0.1) is 6.92 Å². The first kappa shape index (κ1) is 21.5. The lowest BCUT2D eigenvalue weighted by molar-refractivity contribution is -0.140. The molecular weight excluding hydrogens is 376 g/mol. The number of esters is 1. The van der Waals surface area contributed by atoms with Gasteiger partial charge in [0.25, 0.3) is 5.91 Å². The fourth-order valence-corrected chi connectivity index (χ4v) is 3.11. The number of carbonyl (C=O) groups is 3. The minimum Gasteiger partial charge on any atom is -0.449 e. The first-order chi connectivity index (χ1) is 13.3. The minimum atomic E-state index is -1.00. The van der Waals surface area contributed by atoms with Gasteiger partial charge < -0.3 is 15.0 Å². The normalized spacial score (nSPS) is 11.4. The second-order valence-corrected chi connectivity index (χ2v) is 7.20. The molecule has 0 unspecified atom stereocenters. The van der Waals surface area contributed by atoms with Gasteiger partial charge in [0, 0.05) is 17.6 Å². The molecule has 1 N–H and O–H groups in total. The molecule has 2 aromatic carbocycles. The zero-order valence-corrected chi connectivity index (χ0v) is 17.2. The summed E-state index contributed by atoms with van der Waals surface area (Å²) in [7, 11) is 1.50. The number of likely N-dealkylation sites (N-methyl/N-ethyl adjacent to an activating group) is 1. The van der Waals surface area contributed by atoms with Gasteiger partial charge in [0.2, 0.25) is 5.91 Å². The van der Waals surface area contributed by atoms with Crippen molar-refractivity contribution in [3.05, 3.63) is 59.7 Å². The summed E-state index contributed by atoms with van der Waals surface area (Å²) in [5, 5.41) is 2.73. The van der Waals surface area contributed by atoms with Crippen molar-refractivity contribution < 1.29 is 19.1 Å². The van der Waals surface area contributed by atoms with Gasteiger partial charge in [-0.3, -0.25) is 9.59 Å². The summed E-state index contributed by atoms with van der Waals surface area (Å²) in [5.74, 6) is -1.34. The Morgan fingerprint density at radius 3 is 2.39 bits per heavy atom. The third kappa shape index (κ3) is 5.85. The van der Waals surface area contributed by atoms with Crippen LogP contribution in [0.5, 0.6) is 0 Å². The van der Waals surface area contributed by atoms with E-state index in [2.05, 4.69) is 5.32 Å². The molecule has 0 saturated carbocycles. The average Bonchev–Trinajstić information content (AvgIpc) is 2.68. The van der Waals surface area contributed by atoms with Crippen LogP contribution in [0.3, 0.4) is 0 Å². The number of ether oxygens (including phenoxy) is 1. The smallest absolute Gasteiger partial charge is 0.340 e. The van der Waals surface area contributed by atoms with Gasteiger partial charge in [0.05, 0.1) is 12.1 Å². The number of hydrogen-bond acceptors (Lipinski definition) is 5. The minimum absolute atomic E-state index is 0.143. The molecule has 0 radical (unpaired) electrons. The van der Waals surface area contributed by atoms with Gasteiger partial charge in [-0.25, -0.2) is 4.79 Å². The third-order valence-electron chi connectivity index (χ3n) is 4.05. The summed E-state index contributed by atoms with van der Waals surface area (Å²) in [6.45, 7) is 3.31. The van der Waals surface area contributed by atoms with Gasteiger partial charge in [-0.2, -0.15) is 0 Å². The number of rotatable bonds is 7. The fourth-order valence-electron chi connectivity index (χ4n) is 2.53. The molecule has 1 atom stereocenters. The third-order valence-corrected chi connectivity index (χ3v) is 4.85. The molecule has 0 spiro atoms. The molecular formula is C21H24N2O4S. The lowest BCUT2D eigenvalue weighted by Gasteiger charge is -2.21. The van der Waals surface area contributed by atoms with Crippen molar-refractivity contribution in [2.75, 3.05) is 25.2 Å². The number of thioether (sulfide) groups is 1. The van der Waals surface area contributed by atoms with Crippen LogP contribution >= 0.6 is 11.8 Å². The summed E-state index contributed by atoms with van der Waals surface area (Å²) in [6.07, 6.45) is 0.862. The van der Waals surface area contributed by atoms with Gasteiger partial charge in [-0.1, -0.05) is 29.8 Å². The Morgan fingerprint density at radius 1 is 1.11 bits per heavy atom. The van der Waals surface area contributed by atoms with Crippen molar-refractivity contribution in [2.24, 2.45) is 0 Å². The summed E-state index contributed by atoms with van der Waals surface area (Å²) in [4.78, 5) is 39.0. The van der Waals surface area contributed by atoms with E-state index in [0.29, 0.717) is 11.3 Å². The molecule has 2 rings (SSSR count). The summed E-state index contributed by atoms with van der Waals surface area (Å²) < 4.78 is 5.30. The van der Waals surface area contributed by atoms with E-state index in [1.807, 2.05) is 37.4 Å². The highest BCUT2D eigenvalue weighted by molar-refractivity contribution is 7.98. The van der Waals surface area contributed by atoms with Crippen molar-refractivity contribution in [3.63, 3.8) is 0 Å². The van der Waals surface area contributed by atoms with E-state index in [4.69, 9.17) is 4.74 Å². The number of benzene rings is 2. The van der Waals surface area contributed by atoms with Crippen LogP contribution in [0.15, 0.2) is 53.4 Å². The first-order valence-electron chi connectivity index (χ1n) is 8.77. The molecule has 0 bridgehead atoms. The number of nitrogens with zero attached hydrogens (tertiary/aromatic N) is 1. The zero-order chi connectivity index (χ0) is 20.7. The molecule has 0 aliphatic carbocycles. The standard InChI is InChI=1S/C21H24N2O4S/c1-14-9-11-16(12-10-14)22-19(24)13-23(3)20(25)15(2)27-21(26)17-7-5-6-8-18(17)28-4/h5-12,15H,13H2,1-4H3,(H,22,24)/t15-/m0/s1. The van der Waals surface area contributed by atoms with Crippen molar-refractivity contribution in [2.45, 2.75) is 24.8 Å². The highest BCUT2D eigenvalue weighted by atomic mass is 32.2. The largest absolute Gasteiger partial charge is 0.449 e. The van der Waals surface area contributed by atoms with E-state index in [9.17, 15) is 14.4 Å². The van der Waals surface area contributed by atoms with Crippen molar-refractivity contribution in [1.82, 2.24) is 4.90 Å². The molecule has 7 heteroatoms. The molecule has 0 aromatic heterocycles. The van der Waals surface area contributed by atoms with E-state index in [1.165, 1.54) is 30.6 Å². The lowest BCUT2D eigenvalue weighted by Crippen LogP contribution is -2.41. The molecule has 0 aliphatic heterocycles. The monoisotopic (exact) mass is 400 g/mol. The predicted molar refractivity (Wildman–Crippen MR) is 111 cm³/mol. The summed E-state index contributed by atoms with van der Waals surface area (Å²) in [5.41, 5.74) is 2.16. The van der Waals surface area contributed by atoms with Gasteiger partial charge in [0.15, 0.2) is 6.10 Å². The van der Waals surface area contributed by atoms with Crippen LogP contribution in [0.25, 0.3) is 0 Å². The Kier molecular flexibility index (Phi) is 7.63. The highest BCUT2D eigenvalue weighted by Crippen LogP contribution is 2.21. The van der Waals surface area contributed by atoms with Gasteiger partial charge in [-0.05, 0) is 44.4 Å². The van der Waals surface area contributed by atoms with Crippen LogP contribution in [-0.4, -0.2) is 48.6 Å². The van der Waals surface area contributed by atoms with Crippen molar-refractivity contribution in [1.29, 1.82) is 0 Å². The Labute approximate surface area is 169 Å². The Balaban J connectivity index is 1.91. The van der Waals surface area contributed by atoms with E-state index in [0.717, 1.165) is 10.5 Å². The summed E-state index contributed by atoms with van der Waals surface area (Å²) in [6, 6.07) is 14.4. The van der Waals surface area contributed by atoms with Gasteiger partial charge in [0.1, 0.15) is 0 Å². The highest BCUT2D eigenvalue weighted by Gasteiger charge is 2.24. The van der Waals surface area contributed by atoms with Crippen molar-refractivity contribution in [3.8, 4) is 0 Å². The number of hydrogen-bond donors (Lipinski definition) is 1. The first-order valence-corrected chi connectivity index (χ1v) is 9.99. The molecule has 0 aliphatic rings. The molecule has 28 heavy (non-hydrogen) atoms. The molecule has 2 amide bonds. The second kappa shape index (κ2) is 9.94. The maximum atomic E-state index is 12.5. The maximum Gasteiger partial charge on any atom is 0.340 e. The van der Waals surface area contributed by atoms with Crippen LogP contribution in [-0.2, 0) is 14.3 Å². The number of nitrogens with one attached hydrogen (secondary N) is 1. The maximum absolute atomic E-state index is 12.5. The van der Waals surface area contributed by atoms with E-state index < -0.39 is 18.0 Å². The Bertz CT molecular complexity index is 852. The van der Waals surface area contributed by atoms with Crippen LogP contribution < -0.4 is 5.32 Å². The summed E-state index contributed by atoms with van der Waals surface area (Å²) >= 11 is 1.43. The lowest BCUT2D eigenvalue weighted by atomic mass is 10.2. The van der Waals surface area contributed by atoms with Gasteiger partial charge >= 0.3 is 5.97 Å². The molecule has 0 heterocycles. The molecule has 148 valence electrons. The number of carbonyl (C=O) groups excluding carboxylic acids is 3. The fraction of sp³-hybridized carbons (Fsp3) is 0.286. The molecule has 2 aromatic rings. The number of aryl methyl sites for hydroxylation is 1. The average molecular weight is 401 g/mol. The topological polar surface area (TPSA) is 75.7 Å². The molecule has 0 saturated heterocycles. The predicted octanol–water partition coefficient (Wildman–Crippen LogP) is 3.36. The molecule has 0 fully saturated rings. The second-order valence-electron chi connectivity index (χ2n) is 6.36. The zero-order valence-electron chi connectivity index (χ0n) is 16.4. The van der Waals surface area contributed by atoms with E-state index >= 15 is 0 Å². The Hall–Kier alpha value is -2.80. The van der Waals surface area contributed by atoms with Crippen LogP contribution in [0.2, 0.25) is 0 Å². The SMILES string of the molecule is CSc1ccccc1C(=O)O[C@@H](C)C(=O)N(C)CC(=O)Nc1ccc(C)cc1. The number of anilines is 1. The quantitative estimate of drug-likeness (QED) is 0.570. The molecule has 6 nitrogen and oxygen atoms in total. The van der Waals surface area contributed by atoms with Crippen molar-refractivity contribution >= 4 is 35.2 Å². The van der Waals surface area contributed by atoms with Crippen LogP contribution in [0.1, 0.15) is 22.8 Å². The van der Waals surface area contributed by atoms with Crippen LogP contribution in [0.4, 0.5) is 5.69 Å².